The van der Waals surface area contributed by atoms with E-state index >= 15 is 0 Å². The van der Waals surface area contributed by atoms with E-state index in [1.807, 2.05) is 38.1 Å². The van der Waals surface area contributed by atoms with E-state index < -0.39 is 5.97 Å². The van der Waals surface area contributed by atoms with Gasteiger partial charge in [-0.2, -0.15) is 0 Å². The van der Waals surface area contributed by atoms with Gasteiger partial charge in [0.1, 0.15) is 6.54 Å². The van der Waals surface area contributed by atoms with Crippen molar-refractivity contribution in [3.05, 3.63) is 41.6 Å². The van der Waals surface area contributed by atoms with Gasteiger partial charge >= 0.3 is 5.97 Å². The van der Waals surface area contributed by atoms with E-state index in [4.69, 9.17) is 0 Å². The summed E-state index contributed by atoms with van der Waals surface area (Å²) in [6.07, 6.45) is 0. The van der Waals surface area contributed by atoms with Crippen molar-refractivity contribution in [2.75, 3.05) is 20.2 Å². The molecule has 5 nitrogen and oxygen atoms in total. The quantitative estimate of drug-likeness (QED) is 0.808. The molecule has 0 radical (unpaired) electrons. The molecule has 0 fully saturated rings. The zero-order valence-electron chi connectivity index (χ0n) is 12.4. The molecule has 0 saturated carbocycles. The number of aromatic nitrogens is 1. The molecule has 21 heavy (non-hydrogen) atoms. The molecule has 1 aromatic carbocycles. The highest BCUT2D eigenvalue weighted by atomic mass is 16.5. The Kier molecular flexibility index (Phi) is 4.52. The molecular weight excluding hydrogens is 268 g/mol. The second-order valence-corrected chi connectivity index (χ2v) is 4.72. The minimum Gasteiger partial charge on any atom is -0.468 e. The number of amides is 1. The minimum atomic E-state index is -0.430. The first-order valence-corrected chi connectivity index (χ1v) is 6.79. The van der Waals surface area contributed by atoms with Crippen LogP contribution in [-0.2, 0) is 9.53 Å². The smallest absolute Gasteiger partial charge is 0.325 e. The first-order valence-electron chi connectivity index (χ1n) is 6.79. The summed E-state index contributed by atoms with van der Waals surface area (Å²) in [5.41, 5.74) is 2.10. The standard InChI is InChI=1S/C16H18N2O3/c1-4-18(10-15(19)21-3)16(20)13-9-11(2)17-14-8-6-5-7-12(13)14/h5-9H,4,10H2,1-3H3. The lowest BCUT2D eigenvalue weighted by molar-refractivity contribution is -0.141. The van der Waals surface area contributed by atoms with Crippen LogP contribution in [0.3, 0.4) is 0 Å². The summed E-state index contributed by atoms with van der Waals surface area (Å²) in [5.74, 6) is -0.620. The number of rotatable bonds is 4. The number of para-hydroxylation sites is 1. The fourth-order valence-electron chi connectivity index (χ4n) is 2.20. The molecule has 0 aliphatic carbocycles. The molecule has 1 aromatic heterocycles. The van der Waals surface area contributed by atoms with Crippen LogP contribution in [0.25, 0.3) is 10.9 Å². The molecule has 0 N–H and O–H groups in total. The Bertz CT molecular complexity index is 682. The van der Waals surface area contributed by atoms with Crippen LogP contribution in [0.15, 0.2) is 30.3 Å². The maximum Gasteiger partial charge on any atom is 0.325 e. The normalized spacial score (nSPS) is 10.4. The maximum atomic E-state index is 12.7. The largest absolute Gasteiger partial charge is 0.468 e. The highest BCUT2D eigenvalue weighted by molar-refractivity contribution is 6.06. The summed E-state index contributed by atoms with van der Waals surface area (Å²) < 4.78 is 4.63. The summed E-state index contributed by atoms with van der Waals surface area (Å²) in [4.78, 5) is 30.0. The van der Waals surface area contributed by atoms with Crippen molar-refractivity contribution in [1.82, 2.24) is 9.88 Å². The van der Waals surface area contributed by atoms with Crippen molar-refractivity contribution in [3.8, 4) is 0 Å². The number of aryl methyl sites for hydroxylation is 1. The van der Waals surface area contributed by atoms with Crippen molar-refractivity contribution >= 4 is 22.8 Å². The number of ether oxygens (including phenoxy) is 1. The molecule has 2 rings (SSSR count). The Morgan fingerprint density at radius 1 is 1.29 bits per heavy atom. The number of esters is 1. The van der Waals surface area contributed by atoms with E-state index in [1.54, 1.807) is 6.07 Å². The number of carbonyl (C=O) groups excluding carboxylic acids is 2. The van der Waals surface area contributed by atoms with E-state index in [0.717, 1.165) is 16.6 Å². The zero-order valence-corrected chi connectivity index (χ0v) is 12.4. The number of hydrogen-bond acceptors (Lipinski definition) is 4. The van der Waals surface area contributed by atoms with Gasteiger partial charge in [-0.1, -0.05) is 18.2 Å². The van der Waals surface area contributed by atoms with E-state index in [1.165, 1.54) is 12.0 Å². The highest BCUT2D eigenvalue weighted by Gasteiger charge is 2.20. The monoisotopic (exact) mass is 286 g/mol. The summed E-state index contributed by atoms with van der Waals surface area (Å²) in [5, 5.41) is 0.788. The Hall–Kier alpha value is -2.43. The van der Waals surface area contributed by atoms with Gasteiger partial charge in [-0.15, -0.1) is 0 Å². The van der Waals surface area contributed by atoms with Gasteiger partial charge in [0.15, 0.2) is 0 Å². The first kappa shape index (κ1) is 15.0. The molecule has 0 spiro atoms. The van der Waals surface area contributed by atoms with Crippen LogP contribution < -0.4 is 0 Å². The fourth-order valence-corrected chi connectivity index (χ4v) is 2.20. The number of pyridine rings is 1. The van der Waals surface area contributed by atoms with Crippen molar-refractivity contribution < 1.29 is 14.3 Å². The molecular formula is C16H18N2O3. The van der Waals surface area contributed by atoms with E-state index in [9.17, 15) is 9.59 Å². The Morgan fingerprint density at radius 2 is 2.00 bits per heavy atom. The highest BCUT2D eigenvalue weighted by Crippen LogP contribution is 2.19. The number of likely N-dealkylation sites (N-methyl/N-ethyl adjacent to an activating group) is 1. The van der Waals surface area contributed by atoms with Crippen LogP contribution in [0.4, 0.5) is 0 Å². The van der Waals surface area contributed by atoms with Gasteiger partial charge in [0, 0.05) is 17.6 Å². The predicted octanol–water partition coefficient (Wildman–Crippen LogP) is 2.18. The molecule has 1 heterocycles. The van der Waals surface area contributed by atoms with Gasteiger partial charge < -0.3 is 9.64 Å². The average Bonchev–Trinajstić information content (AvgIpc) is 2.50. The molecule has 0 aliphatic rings. The number of benzene rings is 1. The number of hydrogen-bond donors (Lipinski definition) is 0. The van der Waals surface area contributed by atoms with Crippen molar-refractivity contribution in [2.45, 2.75) is 13.8 Å². The Morgan fingerprint density at radius 3 is 2.67 bits per heavy atom. The summed E-state index contributed by atoms with van der Waals surface area (Å²) in [6, 6.07) is 9.24. The van der Waals surface area contributed by atoms with Crippen molar-refractivity contribution in [1.29, 1.82) is 0 Å². The molecule has 0 unspecified atom stereocenters. The second kappa shape index (κ2) is 6.35. The molecule has 110 valence electrons. The van der Waals surface area contributed by atoms with E-state index in [2.05, 4.69) is 9.72 Å². The van der Waals surface area contributed by atoms with Crippen LogP contribution in [0.5, 0.6) is 0 Å². The third-order valence-electron chi connectivity index (χ3n) is 3.29. The lowest BCUT2D eigenvalue weighted by Gasteiger charge is -2.20. The van der Waals surface area contributed by atoms with Crippen LogP contribution in [0.2, 0.25) is 0 Å². The molecule has 5 heteroatoms. The van der Waals surface area contributed by atoms with E-state index in [-0.39, 0.29) is 12.5 Å². The number of carbonyl (C=O) groups is 2. The number of fused-ring (bicyclic) bond motifs is 1. The molecule has 2 aromatic rings. The van der Waals surface area contributed by atoms with Crippen LogP contribution in [0.1, 0.15) is 23.0 Å². The molecule has 1 amide bonds. The van der Waals surface area contributed by atoms with Gasteiger partial charge in [0.25, 0.3) is 5.91 Å². The Labute approximate surface area is 123 Å². The average molecular weight is 286 g/mol. The summed E-state index contributed by atoms with van der Waals surface area (Å²) >= 11 is 0. The molecule has 0 saturated heterocycles. The lowest BCUT2D eigenvalue weighted by atomic mass is 10.1. The van der Waals surface area contributed by atoms with Crippen LogP contribution >= 0.6 is 0 Å². The first-order chi connectivity index (χ1) is 10.1. The SMILES string of the molecule is CCN(CC(=O)OC)C(=O)c1cc(C)nc2ccccc12. The minimum absolute atomic E-state index is 0.0540. The van der Waals surface area contributed by atoms with Crippen LogP contribution in [0, 0.1) is 6.92 Å². The topological polar surface area (TPSA) is 59.5 Å². The van der Waals surface area contributed by atoms with Gasteiger partial charge in [0.2, 0.25) is 0 Å². The summed E-state index contributed by atoms with van der Waals surface area (Å²) in [6.45, 7) is 4.06. The molecule has 0 bridgehead atoms. The van der Waals surface area contributed by atoms with Gasteiger partial charge in [-0.25, -0.2) is 0 Å². The Balaban J connectivity index is 2.44. The number of methoxy groups -OCH3 is 1. The predicted molar refractivity (Wildman–Crippen MR) is 80.1 cm³/mol. The summed E-state index contributed by atoms with van der Waals surface area (Å²) in [7, 11) is 1.31. The van der Waals surface area contributed by atoms with Gasteiger partial charge in [0.05, 0.1) is 18.2 Å². The zero-order chi connectivity index (χ0) is 15.4. The van der Waals surface area contributed by atoms with Crippen molar-refractivity contribution in [2.24, 2.45) is 0 Å². The second-order valence-electron chi connectivity index (χ2n) is 4.72. The van der Waals surface area contributed by atoms with Crippen molar-refractivity contribution in [3.63, 3.8) is 0 Å². The fraction of sp³-hybridized carbons (Fsp3) is 0.312. The van der Waals surface area contributed by atoms with E-state index in [0.29, 0.717) is 12.1 Å². The van der Waals surface area contributed by atoms with Gasteiger partial charge in [-0.3, -0.25) is 14.6 Å². The third-order valence-corrected chi connectivity index (χ3v) is 3.29. The molecule has 0 atom stereocenters. The van der Waals surface area contributed by atoms with Gasteiger partial charge in [-0.05, 0) is 26.0 Å². The molecule has 0 aliphatic heterocycles. The lowest BCUT2D eigenvalue weighted by Crippen LogP contribution is -2.36. The maximum absolute atomic E-state index is 12.7. The third kappa shape index (κ3) is 3.18. The van der Waals surface area contributed by atoms with Crippen LogP contribution in [-0.4, -0.2) is 42.0 Å². The number of nitrogens with zero attached hydrogens (tertiary/aromatic N) is 2.